The molecular weight excluding hydrogens is 260 g/mol. The topological polar surface area (TPSA) is 45.0 Å². The first-order valence-electron chi connectivity index (χ1n) is 5.97. The van der Waals surface area contributed by atoms with Crippen molar-refractivity contribution in [2.24, 2.45) is 0 Å². The summed E-state index contributed by atoms with van der Waals surface area (Å²) in [6.07, 6.45) is 1.72. The molecule has 0 amide bonds. The Bertz CT molecular complexity index is 663. The molecule has 1 unspecified atom stereocenters. The number of hydrogen-bond donors (Lipinski definition) is 1. The maximum Gasteiger partial charge on any atom is 0.176 e. The fourth-order valence-electron chi connectivity index (χ4n) is 2.34. The van der Waals surface area contributed by atoms with Gasteiger partial charge in [-0.1, -0.05) is 35.9 Å². The van der Waals surface area contributed by atoms with Gasteiger partial charge in [-0.3, -0.25) is 0 Å². The lowest BCUT2D eigenvalue weighted by molar-refractivity contribution is 0.204. The highest BCUT2D eigenvalue weighted by molar-refractivity contribution is 6.30. The second kappa shape index (κ2) is 4.83. The molecule has 1 aliphatic heterocycles. The second-order valence-electron chi connectivity index (χ2n) is 4.33. The van der Waals surface area contributed by atoms with Gasteiger partial charge in [-0.25, -0.2) is 0 Å². The number of para-hydroxylation sites is 1. The quantitative estimate of drug-likeness (QED) is 0.671. The first kappa shape index (κ1) is 11.9. The molecule has 4 heteroatoms. The zero-order valence-electron chi connectivity index (χ0n) is 10.1. The van der Waals surface area contributed by atoms with Crippen LogP contribution in [0.5, 0.6) is 5.75 Å². The van der Waals surface area contributed by atoms with Gasteiger partial charge in [-0.2, -0.15) is 5.26 Å². The van der Waals surface area contributed by atoms with Gasteiger partial charge in [0.05, 0.1) is 6.54 Å². The number of nitrogens with zero attached hydrogens (tertiary/aromatic N) is 1. The Morgan fingerprint density at radius 3 is 2.89 bits per heavy atom. The molecule has 2 aromatic rings. The molecule has 3 rings (SSSR count). The Morgan fingerprint density at radius 2 is 2.05 bits per heavy atom. The SMILES string of the molecule is N#CNCC1Oc2ccccc2-c2ccc(Cl)cc21. The van der Waals surface area contributed by atoms with E-state index in [0.29, 0.717) is 11.6 Å². The summed E-state index contributed by atoms with van der Waals surface area (Å²) in [6.45, 7) is 0.429. The first-order valence-corrected chi connectivity index (χ1v) is 6.35. The van der Waals surface area contributed by atoms with E-state index in [1.54, 1.807) is 0 Å². The summed E-state index contributed by atoms with van der Waals surface area (Å²) in [6, 6.07) is 13.7. The molecule has 1 aliphatic rings. The largest absolute Gasteiger partial charge is 0.483 e. The van der Waals surface area contributed by atoms with Crippen molar-refractivity contribution in [2.75, 3.05) is 6.54 Å². The summed E-state index contributed by atoms with van der Waals surface area (Å²) in [5, 5.41) is 12.0. The van der Waals surface area contributed by atoms with Gasteiger partial charge in [0.2, 0.25) is 0 Å². The highest BCUT2D eigenvalue weighted by Gasteiger charge is 2.25. The molecule has 0 bridgehead atoms. The molecule has 0 saturated heterocycles. The molecule has 1 atom stereocenters. The van der Waals surface area contributed by atoms with Crippen LogP contribution in [0.25, 0.3) is 11.1 Å². The van der Waals surface area contributed by atoms with Crippen LogP contribution in [0.15, 0.2) is 42.5 Å². The summed E-state index contributed by atoms with van der Waals surface area (Å²) in [5.41, 5.74) is 3.17. The van der Waals surface area contributed by atoms with Gasteiger partial charge < -0.3 is 10.1 Å². The van der Waals surface area contributed by atoms with Crippen molar-refractivity contribution in [2.45, 2.75) is 6.10 Å². The number of nitriles is 1. The van der Waals surface area contributed by atoms with E-state index in [9.17, 15) is 0 Å². The van der Waals surface area contributed by atoms with E-state index >= 15 is 0 Å². The minimum Gasteiger partial charge on any atom is -0.483 e. The van der Waals surface area contributed by atoms with Crippen LogP contribution < -0.4 is 10.1 Å². The van der Waals surface area contributed by atoms with Gasteiger partial charge in [0.25, 0.3) is 0 Å². The molecule has 19 heavy (non-hydrogen) atoms. The summed E-state index contributed by atoms with van der Waals surface area (Å²) < 4.78 is 5.94. The van der Waals surface area contributed by atoms with E-state index < -0.39 is 0 Å². The Labute approximate surface area is 116 Å². The third-order valence-electron chi connectivity index (χ3n) is 3.17. The first-order chi connectivity index (χ1) is 9.29. The van der Waals surface area contributed by atoms with Gasteiger partial charge >= 0.3 is 0 Å². The lowest BCUT2D eigenvalue weighted by atomic mass is 9.93. The predicted octanol–water partition coefficient (Wildman–Crippen LogP) is 3.51. The summed E-state index contributed by atoms with van der Waals surface area (Å²) >= 11 is 6.06. The molecule has 2 aromatic carbocycles. The third kappa shape index (κ3) is 2.11. The fraction of sp³-hybridized carbons (Fsp3) is 0.133. The van der Waals surface area contributed by atoms with Gasteiger partial charge in [-0.15, -0.1) is 0 Å². The number of hydrogen-bond acceptors (Lipinski definition) is 3. The number of fused-ring (bicyclic) bond motifs is 3. The van der Waals surface area contributed by atoms with E-state index in [0.717, 1.165) is 22.4 Å². The van der Waals surface area contributed by atoms with E-state index in [1.807, 2.05) is 48.7 Å². The Morgan fingerprint density at radius 1 is 1.21 bits per heavy atom. The Balaban J connectivity index is 2.11. The van der Waals surface area contributed by atoms with Crippen LogP contribution in [0.2, 0.25) is 5.02 Å². The standard InChI is InChI=1S/C15H11ClN2O/c16-10-5-6-11-12-3-1-2-4-14(12)19-15(8-18-9-17)13(11)7-10/h1-7,15,18H,8H2. The van der Waals surface area contributed by atoms with Gasteiger partial charge in [0.15, 0.2) is 6.19 Å². The smallest absolute Gasteiger partial charge is 0.176 e. The lowest BCUT2D eigenvalue weighted by Gasteiger charge is -2.28. The van der Waals surface area contributed by atoms with Crippen LogP contribution >= 0.6 is 11.6 Å². The molecule has 0 aliphatic carbocycles. The number of ether oxygens (including phenoxy) is 1. The van der Waals surface area contributed by atoms with Crippen molar-refractivity contribution in [1.29, 1.82) is 5.26 Å². The molecule has 1 N–H and O–H groups in total. The van der Waals surface area contributed by atoms with E-state index in [4.69, 9.17) is 21.6 Å². The van der Waals surface area contributed by atoms with Crippen LogP contribution in [-0.4, -0.2) is 6.54 Å². The lowest BCUT2D eigenvalue weighted by Crippen LogP contribution is -2.24. The molecule has 0 aromatic heterocycles. The van der Waals surface area contributed by atoms with Gasteiger partial charge in [-0.05, 0) is 23.8 Å². The summed E-state index contributed by atoms with van der Waals surface area (Å²) in [4.78, 5) is 0. The van der Waals surface area contributed by atoms with E-state index in [-0.39, 0.29) is 6.10 Å². The molecule has 0 spiro atoms. The van der Waals surface area contributed by atoms with Crippen LogP contribution in [0.1, 0.15) is 11.7 Å². The predicted molar refractivity (Wildman–Crippen MR) is 73.9 cm³/mol. The van der Waals surface area contributed by atoms with Gasteiger partial charge in [0, 0.05) is 16.1 Å². The molecule has 1 heterocycles. The number of benzene rings is 2. The summed E-state index contributed by atoms with van der Waals surface area (Å²) in [7, 11) is 0. The highest BCUT2D eigenvalue weighted by atomic mass is 35.5. The van der Waals surface area contributed by atoms with Crippen LogP contribution in [-0.2, 0) is 0 Å². The van der Waals surface area contributed by atoms with Crippen LogP contribution in [0, 0.1) is 11.5 Å². The van der Waals surface area contributed by atoms with Crippen molar-refractivity contribution >= 4 is 11.6 Å². The number of rotatable bonds is 2. The second-order valence-corrected chi connectivity index (χ2v) is 4.76. The fourth-order valence-corrected chi connectivity index (χ4v) is 2.52. The zero-order valence-corrected chi connectivity index (χ0v) is 10.8. The minimum absolute atomic E-state index is 0.205. The summed E-state index contributed by atoms with van der Waals surface area (Å²) in [5.74, 6) is 0.835. The average Bonchev–Trinajstić information content (AvgIpc) is 2.44. The highest BCUT2D eigenvalue weighted by Crippen LogP contribution is 2.42. The zero-order chi connectivity index (χ0) is 13.2. The maximum absolute atomic E-state index is 8.65. The normalized spacial score (nSPS) is 15.7. The van der Waals surface area contributed by atoms with Crippen molar-refractivity contribution in [3.63, 3.8) is 0 Å². The Kier molecular flexibility index (Phi) is 3.02. The van der Waals surface area contributed by atoms with Crippen LogP contribution in [0.3, 0.4) is 0 Å². The van der Waals surface area contributed by atoms with Gasteiger partial charge in [0.1, 0.15) is 11.9 Å². The van der Waals surface area contributed by atoms with Crippen molar-refractivity contribution in [3.8, 4) is 23.1 Å². The molecule has 0 fully saturated rings. The molecular formula is C15H11ClN2O. The van der Waals surface area contributed by atoms with Crippen molar-refractivity contribution in [3.05, 3.63) is 53.1 Å². The molecule has 3 nitrogen and oxygen atoms in total. The number of halogens is 1. The maximum atomic E-state index is 8.65. The molecule has 94 valence electrons. The third-order valence-corrected chi connectivity index (χ3v) is 3.41. The van der Waals surface area contributed by atoms with E-state index in [2.05, 4.69) is 5.32 Å². The monoisotopic (exact) mass is 270 g/mol. The molecule has 0 saturated carbocycles. The molecule has 0 radical (unpaired) electrons. The van der Waals surface area contributed by atoms with Crippen molar-refractivity contribution in [1.82, 2.24) is 5.32 Å². The Hall–Kier alpha value is -2.18. The average molecular weight is 271 g/mol. The van der Waals surface area contributed by atoms with Crippen LogP contribution in [0.4, 0.5) is 0 Å². The minimum atomic E-state index is -0.205. The number of nitrogens with one attached hydrogen (secondary N) is 1. The van der Waals surface area contributed by atoms with Crippen molar-refractivity contribution < 1.29 is 4.74 Å². The van der Waals surface area contributed by atoms with E-state index in [1.165, 1.54) is 0 Å².